The van der Waals surface area contributed by atoms with E-state index >= 15 is 4.39 Å². The summed E-state index contributed by atoms with van der Waals surface area (Å²) in [6, 6.07) is 8.94. The summed E-state index contributed by atoms with van der Waals surface area (Å²) < 4.78 is 37.3. The molecule has 2 aliphatic rings. The molecule has 44 heavy (non-hydrogen) atoms. The normalized spacial score (nSPS) is 22.8. The highest BCUT2D eigenvalue weighted by Gasteiger charge is 2.49. The number of carbonyl (C=O) groups excluding carboxylic acids is 2. The molecule has 0 spiro atoms. The minimum Gasteiger partial charge on any atom is -0.598 e. The van der Waals surface area contributed by atoms with Crippen molar-refractivity contribution in [2.24, 2.45) is 5.92 Å². The molecule has 2 heterocycles. The van der Waals surface area contributed by atoms with E-state index in [1.807, 2.05) is 39.0 Å². The summed E-state index contributed by atoms with van der Waals surface area (Å²) in [5.74, 6) is -0.742. The van der Waals surface area contributed by atoms with Gasteiger partial charge in [-0.3, -0.25) is 14.7 Å². The fourth-order valence-corrected chi connectivity index (χ4v) is 6.35. The zero-order valence-electron chi connectivity index (χ0n) is 26.9. The number of β-amino-alcohol motifs (C(OH)–C–C–N with tert-alkyl or cyclic N) is 1. The van der Waals surface area contributed by atoms with Gasteiger partial charge in [0, 0.05) is 24.0 Å². The average Bonchev–Trinajstić information content (AvgIpc) is 3.71. The zero-order chi connectivity index (χ0) is 32.5. The van der Waals surface area contributed by atoms with Crippen LogP contribution in [0.15, 0.2) is 42.6 Å². The number of nitrogens with one attached hydrogen (secondary N) is 2. The van der Waals surface area contributed by atoms with Crippen molar-refractivity contribution in [1.29, 1.82) is 0 Å². The van der Waals surface area contributed by atoms with E-state index in [1.54, 1.807) is 46.0 Å². The second-order valence-electron chi connectivity index (χ2n) is 14.2. The summed E-state index contributed by atoms with van der Waals surface area (Å²) in [6.45, 7) is 12.5. The van der Waals surface area contributed by atoms with Crippen LogP contribution in [0.5, 0.6) is 0 Å². The standard InChI is InChI=1S/C33H47FN4O5S/c1-8-32(41)20-26(38(21-32)29(40)43-30(2,3)4)28(39)36-25-19-23(14-15-24(25)34)33(17-16-22-12-13-22,27-11-9-10-18-35-27)37-44(42)31(5,6)7/h9-11,14-15,18-19,22,26,37,41H,8,12-13,16-17,20-21H2,1-7H3,(H,36,39)/t26-,32?,33?,44-/m1/s1. The molecule has 2 amide bonds. The quantitative estimate of drug-likeness (QED) is 0.284. The molecule has 2 aromatic rings. The largest absolute Gasteiger partial charge is 0.598 e. The van der Waals surface area contributed by atoms with Gasteiger partial charge in [-0.2, -0.15) is 0 Å². The van der Waals surface area contributed by atoms with E-state index in [4.69, 9.17) is 4.74 Å². The van der Waals surface area contributed by atoms with Crippen molar-refractivity contribution < 1.29 is 28.4 Å². The number of benzene rings is 1. The van der Waals surface area contributed by atoms with Crippen LogP contribution in [0.4, 0.5) is 14.9 Å². The average molecular weight is 631 g/mol. The molecule has 1 aromatic carbocycles. The number of amides is 2. The number of rotatable bonds is 10. The third-order valence-electron chi connectivity index (χ3n) is 8.27. The lowest BCUT2D eigenvalue weighted by Crippen LogP contribution is -2.52. The monoisotopic (exact) mass is 630 g/mol. The fraction of sp³-hybridized carbons (Fsp3) is 0.606. The summed E-state index contributed by atoms with van der Waals surface area (Å²) in [5.41, 5.74) is -1.96. The molecule has 2 fully saturated rings. The van der Waals surface area contributed by atoms with Crippen LogP contribution in [0.3, 0.4) is 0 Å². The molecule has 4 atom stereocenters. The molecular formula is C33H47FN4O5S. The Morgan fingerprint density at radius 1 is 1.18 bits per heavy atom. The molecule has 0 bridgehead atoms. The summed E-state index contributed by atoms with van der Waals surface area (Å²) in [4.78, 5) is 32.6. The van der Waals surface area contributed by atoms with E-state index < -0.39 is 56.7 Å². The molecule has 4 rings (SSSR count). The van der Waals surface area contributed by atoms with E-state index in [9.17, 15) is 19.2 Å². The molecule has 3 N–H and O–H groups in total. The summed E-state index contributed by atoms with van der Waals surface area (Å²) in [5, 5.41) is 13.7. The van der Waals surface area contributed by atoms with Crippen LogP contribution in [0.2, 0.25) is 0 Å². The van der Waals surface area contributed by atoms with E-state index in [2.05, 4.69) is 15.0 Å². The van der Waals surface area contributed by atoms with Gasteiger partial charge in [0.25, 0.3) is 0 Å². The number of ether oxygens (including phenoxy) is 1. The lowest BCUT2D eigenvalue weighted by Gasteiger charge is -2.38. The topological polar surface area (TPSA) is 127 Å². The smallest absolute Gasteiger partial charge is 0.411 e. The molecule has 0 radical (unpaired) electrons. The summed E-state index contributed by atoms with van der Waals surface area (Å²) in [7, 11) is 0. The number of carbonyl (C=O) groups is 2. The number of nitrogens with zero attached hydrogens (tertiary/aromatic N) is 2. The van der Waals surface area contributed by atoms with Crippen LogP contribution in [0, 0.1) is 11.7 Å². The second kappa shape index (κ2) is 12.9. The highest BCUT2D eigenvalue weighted by Crippen LogP contribution is 2.42. The highest BCUT2D eigenvalue weighted by molar-refractivity contribution is 7.90. The Balaban J connectivity index is 1.72. The van der Waals surface area contributed by atoms with Crippen molar-refractivity contribution in [2.75, 3.05) is 11.9 Å². The van der Waals surface area contributed by atoms with Gasteiger partial charge in [-0.05, 0) is 96.6 Å². The van der Waals surface area contributed by atoms with Gasteiger partial charge in [0.2, 0.25) is 5.91 Å². The molecule has 1 aromatic heterocycles. The van der Waals surface area contributed by atoms with Gasteiger partial charge in [0.05, 0.1) is 23.5 Å². The summed E-state index contributed by atoms with van der Waals surface area (Å²) >= 11 is -1.51. The van der Waals surface area contributed by atoms with Crippen molar-refractivity contribution in [2.45, 2.75) is 115 Å². The van der Waals surface area contributed by atoms with Crippen LogP contribution < -0.4 is 10.0 Å². The number of likely N-dealkylation sites (tertiary alicyclic amines) is 1. The Morgan fingerprint density at radius 2 is 1.89 bits per heavy atom. The van der Waals surface area contributed by atoms with E-state index in [0.717, 1.165) is 19.3 Å². The number of aromatic nitrogens is 1. The first kappa shape index (κ1) is 34.1. The molecule has 1 saturated carbocycles. The predicted octanol–water partition coefficient (Wildman–Crippen LogP) is 5.80. The van der Waals surface area contributed by atoms with Crippen molar-refractivity contribution in [3.63, 3.8) is 0 Å². The Hall–Kier alpha value is -2.73. The first-order valence-electron chi connectivity index (χ1n) is 15.4. The van der Waals surface area contributed by atoms with Gasteiger partial charge >= 0.3 is 6.09 Å². The number of aliphatic hydroxyl groups is 1. The maximum atomic E-state index is 15.4. The molecular weight excluding hydrogens is 583 g/mol. The first-order chi connectivity index (χ1) is 20.5. The van der Waals surface area contributed by atoms with Gasteiger partial charge < -0.3 is 19.7 Å². The molecule has 1 aliphatic carbocycles. The van der Waals surface area contributed by atoms with E-state index in [0.29, 0.717) is 30.0 Å². The second-order valence-corrected chi connectivity index (χ2v) is 16.1. The van der Waals surface area contributed by atoms with E-state index in [1.165, 1.54) is 11.0 Å². The van der Waals surface area contributed by atoms with Crippen LogP contribution in [0.1, 0.15) is 98.2 Å². The number of hydrogen-bond donors (Lipinski definition) is 3. The molecule has 242 valence electrons. The minimum absolute atomic E-state index is 0.0126. The molecule has 2 unspecified atom stereocenters. The molecule has 1 aliphatic heterocycles. The number of hydrogen-bond acceptors (Lipinski definition) is 7. The molecule has 11 heteroatoms. The van der Waals surface area contributed by atoms with Gasteiger partial charge in [-0.25, -0.2) is 9.18 Å². The Kier molecular flexibility index (Phi) is 10.0. The molecule has 1 saturated heterocycles. The van der Waals surface area contributed by atoms with Crippen molar-refractivity contribution in [1.82, 2.24) is 14.6 Å². The Bertz CT molecular complexity index is 1330. The lowest BCUT2D eigenvalue weighted by molar-refractivity contribution is -0.120. The number of halogens is 1. The first-order valence-corrected chi connectivity index (χ1v) is 16.6. The third-order valence-corrected chi connectivity index (χ3v) is 9.92. The molecule has 9 nitrogen and oxygen atoms in total. The SMILES string of the molecule is CCC1(O)C[C@H](C(=O)Nc2cc(C(CCC3CC3)(N[S@+]([O-])C(C)(C)C)c3ccccn3)ccc2F)N(C(=O)OC(C)(C)C)C1. The highest BCUT2D eigenvalue weighted by atomic mass is 32.2. The van der Waals surface area contributed by atoms with Crippen molar-refractivity contribution in [3.05, 3.63) is 59.7 Å². The van der Waals surface area contributed by atoms with Crippen LogP contribution in [0.25, 0.3) is 0 Å². The van der Waals surface area contributed by atoms with E-state index in [-0.39, 0.29) is 18.7 Å². The van der Waals surface area contributed by atoms with Crippen molar-refractivity contribution >= 4 is 29.0 Å². The minimum atomic E-state index is -1.51. The lowest BCUT2D eigenvalue weighted by atomic mass is 9.82. The maximum Gasteiger partial charge on any atom is 0.411 e. The maximum absolute atomic E-state index is 15.4. The van der Waals surface area contributed by atoms with Crippen LogP contribution in [-0.4, -0.2) is 60.1 Å². The van der Waals surface area contributed by atoms with Gasteiger partial charge in [0.15, 0.2) is 0 Å². The van der Waals surface area contributed by atoms with Crippen molar-refractivity contribution in [3.8, 4) is 0 Å². The summed E-state index contributed by atoms with van der Waals surface area (Å²) in [6.07, 6.45) is 4.94. The van der Waals surface area contributed by atoms with Gasteiger partial charge in [0.1, 0.15) is 27.7 Å². The number of anilines is 1. The van der Waals surface area contributed by atoms with Crippen LogP contribution >= 0.6 is 0 Å². The Labute approximate surface area is 263 Å². The van der Waals surface area contributed by atoms with Gasteiger partial charge in [-0.15, -0.1) is 4.72 Å². The number of pyridine rings is 1. The zero-order valence-corrected chi connectivity index (χ0v) is 27.7. The predicted molar refractivity (Wildman–Crippen MR) is 170 cm³/mol. The van der Waals surface area contributed by atoms with Crippen LogP contribution in [-0.2, 0) is 26.4 Å². The van der Waals surface area contributed by atoms with Gasteiger partial charge in [-0.1, -0.05) is 31.9 Å². The Morgan fingerprint density at radius 3 is 2.45 bits per heavy atom. The fourth-order valence-electron chi connectivity index (χ4n) is 5.40. The third kappa shape index (κ3) is 8.10.